The van der Waals surface area contributed by atoms with Crippen LogP contribution in [0.3, 0.4) is 0 Å². The van der Waals surface area contributed by atoms with Crippen molar-refractivity contribution in [2.45, 2.75) is 6.92 Å². The molecule has 0 unspecified atom stereocenters. The quantitative estimate of drug-likeness (QED) is 0.723. The van der Waals surface area contributed by atoms with E-state index in [4.69, 9.17) is 15.2 Å². The van der Waals surface area contributed by atoms with Crippen LogP contribution in [0.15, 0.2) is 54.6 Å². The first-order valence-electron chi connectivity index (χ1n) is 7.80. The van der Waals surface area contributed by atoms with E-state index in [2.05, 4.69) is 5.32 Å². The second-order valence-electron chi connectivity index (χ2n) is 5.08. The number of benzene rings is 2. The number of carbonyl (C=O) groups excluding carboxylic acids is 2. The molecular formula is C19H20N2O4. The Kier molecular flexibility index (Phi) is 6.59. The topological polar surface area (TPSA) is 90.7 Å². The molecule has 6 nitrogen and oxygen atoms in total. The lowest BCUT2D eigenvalue weighted by molar-refractivity contribution is -0.120. The highest BCUT2D eigenvalue weighted by molar-refractivity contribution is 6.02. The van der Waals surface area contributed by atoms with Gasteiger partial charge in [0.15, 0.2) is 6.61 Å². The van der Waals surface area contributed by atoms with Crippen molar-refractivity contribution >= 4 is 23.6 Å². The van der Waals surface area contributed by atoms with E-state index in [1.54, 1.807) is 30.3 Å². The Morgan fingerprint density at radius 2 is 1.92 bits per heavy atom. The molecule has 0 spiro atoms. The molecule has 6 heteroatoms. The van der Waals surface area contributed by atoms with Crippen LogP contribution in [0.1, 0.15) is 12.5 Å². The van der Waals surface area contributed by atoms with E-state index >= 15 is 0 Å². The molecule has 0 saturated carbocycles. The van der Waals surface area contributed by atoms with Crippen molar-refractivity contribution < 1.29 is 19.1 Å². The van der Waals surface area contributed by atoms with Crippen LogP contribution >= 0.6 is 0 Å². The van der Waals surface area contributed by atoms with E-state index in [0.29, 0.717) is 18.0 Å². The van der Waals surface area contributed by atoms with Gasteiger partial charge in [0.25, 0.3) is 5.91 Å². The number of nitrogens with two attached hydrogens (primary N) is 1. The molecule has 0 aliphatic carbocycles. The van der Waals surface area contributed by atoms with Crippen molar-refractivity contribution in [3.63, 3.8) is 0 Å². The minimum absolute atomic E-state index is 0.217. The van der Waals surface area contributed by atoms with Crippen molar-refractivity contribution in [2.75, 3.05) is 18.5 Å². The first-order valence-corrected chi connectivity index (χ1v) is 7.80. The number of para-hydroxylation sites is 1. The van der Waals surface area contributed by atoms with Gasteiger partial charge in [-0.15, -0.1) is 0 Å². The smallest absolute Gasteiger partial charge is 0.255 e. The minimum atomic E-state index is -0.565. The second kappa shape index (κ2) is 9.12. The summed E-state index contributed by atoms with van der Waals surface area (Å²) in [6.07, 6.45) is 3.11. The average Bonchev–Trinajstić information content (AvgIpc) is 2.60. The van der Waals surface area contributed by atoms with E-state index in [0.717, 1.165) is 11.3 Å². The van der Waals surface area contributed by atoms with Crippen LogP contribution in [-0.2, 0) is 9.59 Å². The molecule has 25 heavy (non-hydrogen) atoms. The summed E-state index contributed by atoms with van der Waals surface area (Å²) in [5.74, 6) is 0.307. The normalized spacial score (nSPS) is 10.4. The Morgan fingerprint density at radius 3 is 2.68 bits per heavy atom. The predicted molar refractivity (Wildman–Crippen MR) is 96.4 cm³/mol. The van der Waals surface area contributed by atoms with Crippen LogP contribution in [-0.4, -0.2) is 25.0 Å². The summed E-state index contributed by atoms with van der Waals surface area (Å²) < 4.78 is 10.7. The van der Waals surface area contributed by atoms with Crippen LogP contribution < -0.4 is 20.5 Å². The number of anilines is 1. The van der Waals surface area contributed by atoms with Crippen LogP contribution in [0.2, 0.25) is 0 Å². The van der Waals surface area contributed by atoms with E-state index < -0.39 is 5.91 Å². The van der Waals surface area contributed by atoms with Gasteiger partial charge in [0, 0.05) is 23.4 Å². The number of primary amides is 1. The van der Waals surface area contributed by atoms with E-state index in [1.807, 2.05) is 31.2 Å². The molecule has 0 bridgehead atoms. The van der Waals surface area contributed by atoms with Gasteiger partial charge >= 0.3 is 0 Å². The molecule has 130 valence electrons. The van der Waals surface area contributed by atoms with Crippen LogP contribution in [0.5, 0.6) is 11.5 Å². The third-order valence-electron chi connectivity index (χ3n) is 3.12. The Balaban J connectivity index is 2.00. The number of amides is 2. The lowest BCUT2D eigenvalue weighted by atomic mass is 10.2. The Bertz CT molecular complexity index is 772. The highest BCUT2D eigenvalue weighted by atomic mass is 16.5. The molecule has 0 aliphatic rings. The Labute approximate surface area is 146 Å². The molecule has 0 atom stereocenters. The highest BCUT2D eigenvalue weighted by Gasteiger charge is 2.03. The molecule has 3 N–H and O–H groups in total. The van der Waals surface area contributed by atoms with E-state index in [9.17, 15) is 9.59 Å². The van der Waals surface area contributed by atoms with E-state index in [1.165, 1.54) is 6.08 Å². The van der Waals surface area contributed by atoms with Crippen molar-refractivity contribution in [3.05, 3.63) is 60.2 Å². The van der Waals surface area contributed by atoms with Crippen LogP contribution in [0.4, 0.5) is 5.69 Å². The SMILES string of the molecule is CCOc1ccccc1/C=C/C(=O)Nc1cccc(OCC(N)=O)c1. The Hall–Kier alpha value is -3.28. The molecule has 2 rings (SSSR count). The van der Waals surface area contributed by atoms with Gasteiger partial charge < -0.3 is 20.5 Å². The summed E-state index contributed by atoms with van der Waals surface area (Å²) in [7, 11) is 0. The summed E-state index contributed by atoms with van der Waals surface area (Å²) in [4.78, 5) is 22.8. The maximum atomic E-state index is 12.1. The zero-order valence-electron chi connectivity index (χ0n) is 13.9. The first kappa shape index (κ1) is 18.1. The number of ether oxygens (including phenoxy) is 2. The van der Waals surface area contributed by atoms with Gasteiger partial charge in [-0.25, -0.2) is 0 Å². The minimum Gasteiger partial charge on any atom is -0.493 e. The molecule has 0 heterocycles. The van der Waals surface area contributed by atoms with Crippen molar-refractivity contribution in [1.29, 1.82) is 0 Å². The monoisotopic (exact) mass is 340 g/mol. The lowest BCUT2D eigenvalue weighted by Gasteiger charge is -2.07. The zero-order chi connectivity index (χ0) is 18.1. The van der Waals surface area contributed by atoms with Crippen LogP contribution in [0.25, 0.3) is 6.08 Å². The van der Waals surface area contributed by atoms with Gasteiger partial charge in [-0.1, -0.05) is 24.3 Å². The number of hydrogen-bond donors (Lipinski definition) is 2. The zero-order valence-corrected chi connectivity index (χ0v) is 13.9. The van der Waals surface area contributed by atoms with Gasteiger partial charge in [-0.05, 0) is 31.2 Å². The fraction of sp³-hybridized carbons (Fsp3) is 0.158. The molecule has 0 aliphatic heterocycles. The molecule has 0 aromatic heterocycles. The van der Waals surface area contributed by atoms with Gasteiger partial charge in [0.2, 0.25) is 5.91 Å². The van der Waals surface area contributed by atoms with Gasteiger partial charge in [0.1, 0.15) is 11.5 Å². The third-order valence-corrected chi connectivity index (χ3v) is 3.12. The number of rotatable bonds is 8. The highest BCUT2D eigenvalue weighted by Crippen LogP contribution is 2.20. The molecule has 2 amide bonds. The van der Waals surface area contributed by atoms with Crippen molar-refractivity contribution in [2.24, 2.45) is 5.73 Å². The molecular weight excluding hydrogens is 320 g/mol. The van der Waals surface area contributed by atoms with Crippen molar-refractivity contribution in [3.8, 4) is 11.5 Å². The predicted octanol–water partition coefficient (Wildman–Crippen LogP) is 2.60. The molecule has 0 fully saturated rings. The van der Waals surface area contributed by atoms with E-state index in [-0.39, 0.29) is 12.5 Å². The first-order chi connectivity index (χ1) is 12.1. The molecule has 0 saturated heterocycles. The van der Waals surface area contributed by atoms with Gasteiger partial charge in [-0.3, -0.25) is 9.59 Å². The van der Waals surface area contributed by atoms with Gasteiger partial charge in [0.05, 0.1) is 6.61 Å². The van der Waals surface area contributed by atoms with Gasteiger partial charge in [-0.2, -0.15) is 0 Å². The second-order valence-corrected chi connectivity index (χ2v) is 5.08. The fourth-order valence-corrected chi connectivity index (χ4v) is 2.07. The molecule has 0 radical (unpaired) electrons. The lowest BCUT2D eigenvalue weighted by Crippen LogP contribution is -2.20. The fourth-order valence-electron chi connectivity index (χ4n) is 2.07. The summed E-state index contributed by atoms with van der Waals surface area (Å²) in [5, 5.41) is 2.73. The summed E-state index contributed by atoms with van der Waals surface area (Å²) >= 11 is 0. The number of hydrogen-bond acceptors (Lipinski definition) is 4. The maximum absolute atomic E-state index is 12.1. The molecule has 2 aromatic rings. The largest absolute Gasteiger partial charge is 0.493 e. The number of nitrogens with one attached hydrogen (secondary N) is 1. The number of carbonyl (C=O) groups is 2. The maximum Gasteiger partial charge on any atom is 0.255 e. The third kappa shape index (κ3) is 6.02. The molecule has 2 aromatic carbocycles. The summed E-state index contributed by atoms with van der Waals surface area (Å²) in [6.45, 7) is 2.24. The Morgan fingerprint density at radius 1 is 1.12 bits per heavy atom. The standard InChI is InChI=1S/C19H20N2O4/c1-2-24-17-9-4-3-6-14(17)10-11-19(23)21-15-7-5-8-16(12-15)25-13-18(20)22/h3-12H,2,13H2,1H3,(H2,20,22)(H,21,23)/b11-10+. The summed E-state index contributed by atoms with van der Waals surface area (Å²) in [6, 6.07) is 14.2. The van der Waals surface area contributed by atoms with Crippen molar-refractivity contribution in [1.82, 2.24) is 0 Å². The average molecular weight is 340 g/mol. The van der Waals surface area contributed by atoms with Crippen LogP contribution in [0, 0.1) is 0 Å². The summed E-state index contributed by atoms with van der Waals surface area (Å²) in [5.41, 5.74) is 6.40.